The molecule has 0 aliphatic carbocycles. The third kappa shape index (κ3) is 4.45. The van der Waals surface area contributed by atoms with Gasteiger partial charge in [-0.15, -0.1) is 11.8 Å². The summed E-state index contributed by atoms with van der Waals surface area (Å²) in [7, 11) is 1.65. The van der Waals surface area contributed by atoms with E-state index >= 15 is 0 Å². The van der Waals surface area contributed by atoms with Crippen LogP contribution in [0.2, 0.25) is 0 Å². The lowest BCUT2D eigenvalue weighted by Crippen LogP contribution is -2.29. The fraction of sp³-hybridized carbons (Fsp3) is 0.467. The zero-order valence-electron chi connectivity index (χ0n) is 11.9. The standard InChI is InChI=1S/C15H19N3OS/c1-3-20-15-7-4-6-14(13(15)12-17)18(9-5-8-16)10-11-19-2/h4,6-7H,3,5,9-11H2,1-2H3. The van der Waals surface area contributed by atoms with E-state index in [0.29, 0.717) is 31.7 Å². The van der Waals surface area contributed by atoms with Crippen LogP contribution in [0.5, 0.6) is 0 Å². The highest BCUT2D eigenvalue weighted by Gasteiger charge is 2.14. The Labute approximate surface area is 124 Å². The number of rotatable bonds is 8. The number of thioether (sulfide) groups is 1. The molecule has 0 unspecified atom stereocenters. The number of hydrogen-bond acceptors (Lipinski definition) is 5. The quantitative estimate of drug-likeness (QED) is 0.688. The van der Waals surface area contributed by atoms with E-state index in [2.05, 4.69) is 19.1 Å². The Hall–Kier alpha value is -1.69. The van der Waals surface area contributed by atoms with E-state index in [1.54, 1.807) is 18.9 Å². The molecule has 0 aromatic heterocycles. The summed E-state index contributed by atoms with van der Waals surface area (Å²) in [4.78, 5) is 3.04. The van der Waals surface area contributed by atoms with Gasteiger partial charge in [0.2, 0.25) is 0 Å². The smallest absolute Gasteiger partial charge is 0.103 e. The molecule has 0 bridgehead atoms. The van der Waals surface area contributed by atoms with Crippen LogP contribution in [0.4, 0.5) is 5.69 Å². The van der Waals surface area contributed by atoms with Gasteiger partial charge in [-0.1, -0.05) is 13.0 Å². The first-order chi connectivity index (χ1) is 9.78. The van der Waals surface area contributed by atoms with Gasteiger partial charge in [-0.05, 0) is 17.9 Å². The van der Waals surface area contributed by atoms with Crippen molar-refractivity contribution in [2.24, 2.45) is 0 Å². The van der Waals surface area contributed by atoms with Crippen LogP contribution < -0.4 is 4.90 Å². The molecule has 0 aliphatic heterocycles. The first-order valence-electron chi connectivity index (χ1n) is 6.55. The lowest BCUT2D eigenvalue weighted by molar-refractivity contribution is 0.205. The molecule has 0 heterocycles. The highest BCUT2D eigenvalue weighted by atomic mass is 32.2. The highest BCUT2D eigenvalue weighted by molar-refractivity contribution is 7.99. The molecule has 1 aromatic rings. The zero-order valence-corrected chi connectivity index (χ0v) is 12.7. The maximum Gasteiger partial charge on any atom is 0.103 e. The van der Waals surface area contributed by atoms with Gasteiger partial charge in [0.15, 0.2) is 0 Å². The number of hydrogen-bond donors (Lipinski definition) is 0. The molecule has 0 N–H and O–H groups in total. The maximum atomic E-state index is 9.44. The second-order valence-electron chi connectivity index (χ2n) is 4.08. The summed E-state index contributed by atoms with van der Waals surface area (Å²) in [6.07, 6.45) is 0.430. The molecule has 4 nitrogen and oxygen atoms in total. The van der Waals surface area contributed by atoms with Gasteiger partial charge in [0.25, 0.3) is 0 Å². The third-order valence-corrected chi connectivity index (χ3v) is 3.76. The van der Waals surface area contributed by atoms with Crippen LogP contribution in [0.15, 0.2) is 23.1 Å². The van der Waals surface area contributed by atoms with Gasteiger partial charge >= 0.3 is 0 Å². The van der Waals surface area contributed by atoms with E-state index in [9.17, 15) is 5.26 Å². The summed E-state index contributed by atoms with van der Waals surface area (Å²) < 4.78 is 5.11. The third-order valence-electron chi connectivity index (χ3n) is 2.82. The lowest BCUT2D eigenvalue weighted by Gasteiger charge is -2.25. The molecule has 0 saturated carbocycles. The van der Waals surface area contributed by atoms with E-state index in [1.807, 2.05) is 23.1 Å². The molecule has 5 heteroatoms. The Morgan fingerprint density at radius 2 is 2.10 bits per heavy atom. The summed E-state index contributed by atoms with van der Waals surface area (Å²) in [5.41, 5.74) is 1.58. The molecule has 0 radical (unpaired) electrons. The summed E-state index contributed by atoms with van der Waals surface area (Å²) in [5, 5.41) is 18.2. The number of ether oxygens (including phenoxy) is 1. The van der Waals surface area contributed by atoms with Crippen LogP contribution >= 0.6 is 11.8 Å². The number of anilines is 1. The van der Waals surface area contributed by atoms with Crippen molar-refractivity contribution in [1.82, 2.24) is 0 Å². The Bertz CT molecular complexity index is 505. The molecule has 0 amide bonds. The Morgan fingerprint density at radius 3 is 2.70 bits per heavy atom. The van der Waals surface area contributed by atoms with Gasteiger partial charge in [0, 0.05) is 25.1 Å². The Kier molecular flexibility index (Phi) is 7.57. The molecule has 1 rings (SSSR count). The SMILES string of the molecule is CCSc1cccc(N(CCC#N)CCOC)c1C#N. The predicted octanol–water partition coefficient (Wildman–Crippen LogP) is 3.04. The molecule has 0 spiro atoms. The summed E-state index contributed by atoms with van der Waals surface area (Å²) in [6.45, 7) is 3.92. The fourth-order valence-corrected chi connectivity index (χ4v) is 2.69. The largest absolute Gasteiger partial charge is 0.383 e. The van der Waals surface area contributed by atoms with E-state index in [4.69, 9.17) is 10.00 Å². The number of benzene rings is 1. The van der Waals surface area contributed by atoms with Crippen molar-refractivity contribution >= 4 is 17.4 Å². The molecule has 106 valence electrons. The number of nitriles is 2. The van der Waals surface area contributed by atoms with Gasteiger partial charge in [-0.3, -0.25) is 0 Å². The van der Waals surface area contributed by atoms with Crippen LogP contribution in [0.1, 0.15) is 18.9 Å². The molecule has 0 fully saturated rings. The second-order valence-corrected chi connectivity index (χ2v) is 5.39. The predicted molar refractivity (Wildman–Crippen MR) is 81.9 cm³/mol. The highest BCUT2D eigenvalue weighted by Crippen LogP contribution is 2.30. The van der Waals surface area contributed by atoms with E-state index in [-0.39, 0.29) is 0 Å². The van der Waals surface area contributed by atoms with Crippen molar-refractivity contribution in [2.75, 3.05) is 37.5 Å². The van der Waals surface area contributed by atoms with Crippen LogP contribution in [-0.4, -0.2) is 32.6 Å². The normalized spacial score (nSPS) is 9.80. The molecule has 0 atom stereocenters. The van der Waals surface area contributed by atoms with Crippen molar-refractivity contribution in [1.29, 1.82) is 10.5 Å². The van der Waals surface area contributed by atoms with Crippen molar-refractivity contribution in [2.45, 2.75) is 18.2 Å². The van der Waals surface area contributed by atoms with Crippen molar-refractivity contribution < 1.29 is 4.74 Å². The molecule has 20 heavy (non-hydrogen) atoms. The van der Waals surface area contributed by atoms with Gasteiger partial charge < -0.3 is 9.64 Å². The van der Waals surface area contributed by atoms with Crippen LogP contribution in [0.25, 0.3) is 0 Å². The van der Waals surface area contributed by atoms with Gasteiger partial charge in [-0.25, -0.2) is 0 Å². The van der Waals surface area contributed by atoms with Crippen LogP contribution in [0.3, 0.4) is 0 Å². The van der Waals surface area contributed by atoms with Gasteiger partial charge in [0.05, 0.1) is 30.3 Å². The molecule has 0 saturated heterocycles. The topological polar surface area (TPSA) is 60.1 Å². The van der Waals surface area contributed by atoms with E-state index in [0.717, 1.165) is 16.3 Å². The number of nitrogens with zero attached hydrogens (tertiary/aromatic N) is 3. The Morgan fingerprint density at radius 1 is 1.30 bits per heavy atom. The Balaban J connectivity index is 3.08. The van der Waals surface area contributed by atoms with Crippen molar-refractivity contribution in [3.63, 3.8) is 0 Å². The average Bonchev–Trinajstić information content (AvgIpc) is 2.47. The molecular weight excluding hydrogens is 270 g/mol. The summed E-state index contributed by atoms with van der Waals surface area (Å²) in [6, 6.07) is 10.3. The molecule has 1 aromatic carbocycles. The minimum absolute atomic E-state index is 0.430. The molecular formula is C15H19N3OS. The van der Waals surface area contributed by atoms with E-state index in [1.165, 1.54) is 0 Å². The summed E-state index contributed by atoms with van der Waals surface area (Å²) >= 11 is 1.66. The van der Waals surface area contributed by atoms with Gasteiger partial charge in [0.1, 0.15) is 6.07 Å². The molecule has 0 aliphatic rings. The monoisotopic (exact) mass is 289 g/mol. The second kappa shape index (κ2) is 9.25. The zero-order chi connectivity index (χ0) is 14.8. The maximum absolute atomic E-state index is 9.44. The first kappa shape index (κ1) is 16.4. The number of methoxy groups -OCH3 is 1. The average molecular weight is 289 g/mol. The van der Waals surface area contributed by atoms with Crippen molar-refractivity contribution in [3.05, 3.63) is 23.8 Å². The minimum Gasteiger partial charge on any atom is -0.383 e. The van der Waals surface area contributed by atoms with E-state index < -0.39 is 0 Å². The van der Waals surface area contributed by atoms with Gasteiger partial charge in [-0.2, -0.15) is 10.5 Å². The fourth-order valence-electron chi connectivity index (χ4n) is 1.91. The van der Waals surface area contributed by atoms with Crippen LogP contribution in [0, 0.1) is 22.7 Å². The first-order valence-corrected chi connectivity index (χ1v) is 7.53. The lowest BCUT2D eigenvalue weighted by atomic mass is 10.1. The van der Waals surface area contributed by atoms with Crippen LogP contribution in [-0.2, 0) is 4.74 Å². The van der Waals surface area contributed by atoms with Crippen molar-refractivity contribution in [3.8, 4) is 12.1 Å². The summed E-state index contributed by atoms with van der Waals surface area (Å²) in [5.74, 6) is 0.925. The minimum atomic E-state index is 0.430.